The molecule has 0 aliphatic rings. The Morgan fingerprint density at radius 3 is 2.50 bits per heavy atom. The molecule has 0 spiro atoms. The van der Waals surface area contributed by atoms with Crippen molar-refractivity contribution in [1.82, 2.24) is 0 Å². The van der Waals surface area contributed by atoms with Gasteiger partial charge in [0.25, 0.3) is 0 Å². The van der Waals surface area contributed by atoms with Gasteiger partial charge in [-0.05, 0) is 32.9 Å². The van der Waals surface area contributed by atoms with Gasteiger partial charge >= 0.3 is 6.61 Å². The average Bonchev–Trinajstić information content (AvgIpc) is 2.34. The van der Waals surface area contributed by atoms with Gasteiger partial charge in [-0.1, -0.05) is 12.1 Å². The van der Waals surface area contributed by atoms with Crippen LogP contribution >= 0.6 is 0 Å². The molecule has 0 fully saturated rings. The fourth-order valence-electron chi connectivity index (χ4n) is 1.44. The average molecular weight is 289 g/mol. The second-order valence-electron chi connectivity index (χ2n) is 5.33. The monoisotopic (exact) mass is 289 g/mol. The smallest absolute Gasteiger partial charge is 0.387 e. The first-order valence-corrected chi connectivity index (χ1v) is 6.37. The number of hydrogen-bond donors (Lipinski definition) is 2. The van der Waals surface area contributed by atoms with Crippen molar-refractivity contribution in [3.8, 4) is 5.75 Å². The number of nitrogens with one attached hydrogen (secondary N) is 1. The van der Waals surface area contributed by atoms with Gasteiger partial charge in [0.1, 0.15) is 5.75 Å². The summed E-state index contributed by atoms with van der Waals surface area (Å²) in [4.78, 5) is 0. The Morgan fingerprint density at radius 2 is 1.90 bits per heavy atom. The molecule has 0 aliphatic carbocycles. The zero-order valence-corrected chi connectivity index (χ0v) is 11.9. The van der Waals surface area contributed by atoms with Gasteiger partial charge in [0.2, 0.25) is 0 Å². The third kappa shape index (κ3) is 6.68. The SMILES string of the molecule is CC(C)(C)OCC(O)CNc1ccccc1OC(F)F. The van der Waals surface area contributed by atoms with Gasteiger partial charge in [-0.15, -0.1) is 0 Å². The van der Waals surface area contributed by atoms with Crippen LogP contribution in [0.5, 0.6) is 5.75 Å². The number of aliphatic hydroxyl groups is 1. The van der Waals surface area contributed by atoms with E-state index in [1.807, 2.05) is 20.8 Å². The van der Waals surface area contributed by atoms with E-state index < -0.39 is 12.7 Å². The minimum Gasteiger partial charge on any atom is -0.433 e. The summed E-state index contributed by atoms with van der Waals surface area (Å²) < 4.78 is 34.3. The highest BCUT2D eigenvalue weighted by Gasteiger charge is 2.14. The van der Waals surface area contributed by atoms with E-state index in [4.69, 9.17) is 4.74 Å². The van der Waals surface area contributed by atoms with E-state index in [-0.39, 0.29) is 24.5 Å². The van der Waals surface area contributed by atoms with E-state index >= 15 is 0 Å². The molecule has 6 heteroatoms. The van der Waals surface area contributed by atoms with Crippen molar-refractivity contribution in [3.63, 3.8) is 0 Å². The first-order valence-electron chi connectivity index (χ1n) is 6.37. The number of halogens is 2. The van der Waals surface area contributed by atoms with Crippen LogP contribution in [0.25, 0.3) is 0 Å². The molecule has 4 nitrogen and oxygen atoms in total. The summed E-state index contributed by atoms with van der Waals surface area (Å²) in [6.45, 7) is 3.12. The Bertz CT molecular complexity index is 408. The number of rotatable bonds is 7. The highest BCUT2D eigenvalue weighted by Crippen LogP contribution is 2.25. The minimum absolute atomic E-state index is 0.0476. The summed E-state index contributed by atoms with van der Waals surface area (Å²) in [6, 6.07) is 6.34. The number of aliphatic hydroxyl groups excluding tert-OH is 1. The summed E-state index contributed by atoms with van der Waals surface area (Å²) >= 11 is 0. The van der Waals surface area contributed by atoms with Crippen LogP contribution in [0.1, 0.15) is 20.8 Å². The Hall–Kier alpha value is -1.40. The molecule has 1 aromatic carbocycles. The third-order valence-corrected chi connectivity index (χ3v) is 2.34. The molecule has 0 aromatic heterocycles. The van der Waals surface area contributed by atoms with Crippen molar-refractivity contribution < 1.29 is 23.4 Å². The second-order valence-corrected chi connectivity index (χ2v) is 5.33. The van der Waals surface area contributed by atoms with Crippen LogP contribution in [0, 0.1) is 0 Å². The lowest BCUT2D eigenvalue weighted by Gasteiger charge is -2.22. The van der Waals surface area contributed by atoms with Crippen molar-refractivity contribution in [2.24, 2.45) is 0 Å². The zero-order chi connectivity index (χ0) is 15.2. The number of benzene rings is 1. The zero-order valence-electron chi connectivity index (χ0n) is 11.9. The lowest BCUT2D eigenvalue weighted by Crippen LogP contribution is -2.30. The predicted molar refractivity (Wildman–Crippen MR) is 73.3 cm³/mol. The van der Waals surface area contributed by atoms with Crippen LogP contribution in [0.2, 0.25) is 0 Å². The third-order valence-electron chi connectivity index (χ3n) is 2.34. The number of para-hydroxylation sites is 2. The first-order chi connectivity index (χ1) is 9.28. The molecule has 0 amide bonds. The summed E-state index contributed by atoms with van der Waals surface area (Å²) in [5, 5.41) is 12.6. The Labute approximate surface area is 117 Å². The Morgan fingerprint density at radius 1 is 1.25 bits per heavy atom. The maximum atomic E-state index is 12.2. The molecule has 0 aliphatic heterocycles. The standard InChI is InChI=1S/C14H21F2NO3/c1-14(2,3)19-9-10(18)8-17-11-6-4-5-7-12(11)20-13(15)16/h4-7,10,13,17-18H,8-9H2,1-3H3. The molecular formula is C14H21F2NO3. The highest BCUT2D eigenvalue weighted by atomic mass is 19.3. The molecule has 1 rings (SSSR count). The molecular weight excluding hydrogens is 268 g/mol. The van der Waals surface area contributed by atoms with Crippen molar-refractivity contribution in [3.05, 3.63) is 24.3 Å². The van der Waals surface area contributed by atoms with E-state index in [9.17, 15) is 13.9 Å². The summed E-state index contributed by atoms with van der Waals surface area (Å²) in [5.74, 6) is 0.0476. The van der Waals surface area contributed by atoms with Gasteiger partial charge in [0, 0.05) is 6.54 Å². The van der Waals surface area contributed by atoms with E-state index in [0.717, 1.165) is 0 Å². The Kier molecular flexibility index (Phi) is 6.16. The van der Waals surface area contributed by atoms with Gasteiger partial charge in [0.15, 0.2) is 0 Å². The van der Waals surface area contributed by atoms with Crippen LogP contribution in [0.3, 0.4) is 0 Å². The maximum Gasteiger partial charge on any atom is 0.387 e. The van der Waals surface area contributed by atoms with Crippen LogP contribution in [0.4, 0.5) is 14.5 Å². The summed E-state index contributed by atoms with van der Waals surface area (Å²) in [6.07, 6.45) is -0.742. The minimum atomic E-state index is -2.88. The normalized spacial score (nSPS) is 13.3. The molecule has 114 valence electrons. The number of hydrogen-bond acceptors (Lipinski definition) is 4. The lowest BCUT2D eigenvalue weighted by atomic mass is 10.2. The van der Waals surface area contributed by atoms with Gasteiger partial charge in [-0.25, -0.2) is 0 Å². The van der Waals surface area contributed by atoms with Crippen LogP contribution in [-0.2, 0) is 4.74 Å². The first kappa shape index (κ1) is 16.7. The molecule has 1 atom stereocenters. The van der Waals surface area contributed by atoms with Crippen LogP contribution in [-0.4, -0.2) is 36.6 Å². The lowest BCUT2D eigenvalue weighted by molar-refractivity contribution is -0.0498. The molecule has 20 heavy (non-hydrogen) atoms. The topological polar surface area (TPSA) is 50.7 Å². The van der Waals surface area contributed by atoms with Gasteiger partial charge in [-0.3, -0.25) is 0 Å². The summed E-state index contributed by atoms with van der Waals surface area (Å²) in [5.41, 5.74) is 0.0696. The largest absolute Gasteiger partial charge is 0.433 e. The molecule has 1 unspecified atom stereocenters. The van der Waals surface area contributed by atoms with E-state index in [2.05, 4.69) is 10.1 Å². The Balaban J connectivity index is 2.48. The van der Waals surface area contributed by atoms with Crippen molar-refractivity contribution in [2.45, 2.75) is 39.1 Å². The predicted octanol–water partition coefficient (Wildman–Crippen LogP) is 2.88. The fraction of sp³-hybridized carbons (Fsp3) is 0.571. The fourth-order valence-corrected chi connectivity index (χ4v) is 1.44. The number of alkyl halides is 2. The van der Waals surface area contributed by atoms with Crippen LogP contribution in [0.15, 0.2) is 24.3 Å². The molecule has 1 aromatic rings. The van der Waals surface area contributed by atoms with E-state index in [1.165, 1.54) is 6.07 Å². The number of ether oxygens (including phenoxy) is 2. The van der Waals surface area contributed by atoms with Gasteiger partial charge in [0.05, 0.1) is 24.0 Å². The van der Waals surface area contributed by atoms with Crippen molar-refractivity contribution in [2.75, 3.05) is 18.5 Å². The quantitative estimate of drug-likeness (QED) is 0.810. The number of anilines is 1. The van der Waals surface area contributed by atoms with Gasteiger partial charge in [-0.2, -0.15) is 8.78 Å². The molecule has 0 saturated heterocycles. The van der Waals surface area contributed by atoms with Gasteiger partial charge < -0.3 is 19.9 Å². The molecule has 0 heterocycles. The molecule has 0 saturated carbocycles. The van der Waals surface area contributed by atoms with Crippen molar-refractivity contribution >= 4 is 5.69 Å². The van der Waals surface area contributed by atoms with Crippen LogP contribution < -0.4 is 10.1 Å². The molecule has 0 radical (unpaired) electrons. The summed E-state index contributed by atoms with van der Waals surface area (Å²) in [7, 11) is 0. The maximum absolute atomic E-state index is 12.2. The van der Waals surface area contributed by atoms with E-state index in [1.54, 1.807) is 18.2 Å². The molecule has 2 N–H and O–H groups in total. The second kappa shape index (κ2) is 7.40. The van der Waals surface area contributed by atoms with Crippen molar-refractivity contribution in [1.29, 1.82) is 0 Å². The van der Waals surface area contributed by atoms with E-state index in [0.29, 0.717) is 5.69 Å². The highest BCUT2D eigenvalue weighted by molar-refractivity contribution is 5.56. The molecule has 0 bridgehead atoms.